The van der Waals surface area contributed by atoms with Gasteiger partial charge in [0.1, 0.15) is 0 Å². The maximum absolute atomic E-state index is 2.47. The monoisotopic (exact) mass is 612 g/mol. The van der Waals surface area contributed by atoms with Gasteiger partial charge in [0, 0.05) is 0 Å². The van der Waals surface area contributed by atoms with E-state index in [1.54, 1.807) is 0 Å². The summed E-state index contributed by atoms with van der Waals surface area (Å²) in [7, 11) is 0. The van der Waals surface area contributed by atoms with Crippen LogP contribution >= 0.6 is 0 Å². The van der Waals surface area contributed by atoms with Crippen LogP contribution in [0.2, 0.25) is 0 Å². The van der Waals surface area contributed by atoms with Gasteiger partial charge in [0.25, 0.3) is 0 Å². The Labute approximate surface area is 281 Å². The Morgan fingerprint density at radius 1 is 0.312 bits per heavy atom. The second-order valence-corrected chi connectivity index (χ2v) is 14.4. The molecule has 0 fully saturated rings. The molecule has 0 saturated heterocycles. The van der Waals surface area contributed by atoms with Gasteiger partial charge in [0.15, 0.2) is 0 Å². The van der Waals surface area contributed by atoms with E-state index in [1.807, 2.05) is 0 Å². The maximum Gasteiger partial charge on any atom is -0.00176 e. The smallest absolute Gasteiger partial charge is 0.00176 e. The Morgan fingerprint density at radius 3 is 1.58 bits per heavy atom. The van der Waals surface area contributed by atoms with Crippen LogP contribution in [-0.2, 0) is 0 Å². The third-order valence-electron chi connectivity index (χ3n) is 11.1. The summed E-state index contributed by atoms with van der Waals surface area (Å²) in [6.07, 6.45) is 0. The molecule has 48 heavy (non-hydrogen) atoms. The third kappa shape index (κ3) is 3.78. The molecular weight excluding hydrogens is 577 g/mol. The Kier molecular flexibility index (Phi) is 5.77. The average Bonchev–Trinajstić information content (AvgIpc) is 3.44. The molecule has 0 nitrogen and oxygen atoms in total. The van der Waals surface area contributed by atoms with Crippen LogP contribution in [-0.4, -0.2) is 0 Å². The molecule has 0 aromatic heterocycles. The van der Waals surface area contributed by atoms with Gasteiger partial charge in [-0.3, -0.25) is 0 Å². The molecule has 0 amide bonds. The zero-order chi connectivity index (χ0) is 32.3. The fourth-order valence-corrected chi connectivity index (χ4v) is 8.81. The van der Waals surface area contributed by atoms with E-state index in [0.717, 1.165) is 0 Å². The lowest BCUT2D eigenvalue weighted by molar-refractivity contribution is 0.876. The lowest BCUT2D eigenvalue weighted by Crippen LogP contribution is -1.97. The summed E-state index contributed by atoms with van der Waals surface area (Å²) >= 11 is 0. The summed E-state index contributed by atoms with van der Waals surface area (Å²) in [5, 5.41) is 13.5. The molecule has 0 bridgehead atoms. The molecule has 1 aliphatic carbocycles. The van der Waals surface area contributed by atoms with E-state index in [0.29, 0.717) is 11.8 Å². The zero-order valence-corrected chi connectivity index (χ0v) is 27.9. The van der Waals surface area contributed by atoms with Crippen LogP contribution in [0.15, 0.2) is 133 Å². The first-order chi connectivity index (χ1) is 23.5. The van der Waals surface area contributed by atoms with Crippen molar-refractivity contribution in [2.45, 2.75) is 39.5 Å². The minimum atomic E-state index is 0.423. The SMILES string of the molecule is CC(C)c1ccc2ccc3c(C(C)C)cc(-c4ccc5cc(-c6ccc7c8c(cccc68)-c6ccccc6-7)ccc5c4)c4ccc1c2c43. The average molecular weight is 613 g/mol. The highest BCUT2D eigenvalue weighted by Gasteiger charge is 2.23. The zero-order valence-electron chi connectivity index (χ0n) is 27.9. The van der Waals surface area contributed by atoms with E-state index in [9.17, 15) is 0 Å². The van der Waals surface area contributed by atoms with Gasteiger partial charge >= 0.3 is 0 Å². The molecule has 0 N–H and O–H groups in total. The van der Waals surface area contributed by atoms with Crippen LogP contribution in [0, 0.1) is 0 Å². The van der Waals surface area contributed by atoms with Crippen LogP contribution in [0.25, 0.3) is 98.4 Å². The van der Waals surface area contributed by atoms with Crippen molar-refractivity contribution in [2.24, 2.45) is 0 Å². The fourth-order valence-electron chi connectivity index (χ4n) is 8.81. The second-order valence-electron chi connectivity index (χ2n) is 14.4. The van der Waals surface area contributed by atoms with E-state index in [4.69, 9.17) is 0 Å². The van der Waals surface area contributed by atoms with Gasteiger partial charge in [-0.25, -0.2) is 0 Å². The Morgan fingerprint density at radius 2 is 0.854 bits per heavy atom. The van der Waals surface area contributed by atoms with Crippen molar-refractivity contribution in [1.29, 1.82) is 0 Å². The van der Waals surface area contributed by atoms with E-state index < -0.39 is 0 Å². The van der Waals surface area contributed by atoms with Crippen molar-refractivity contribution in [3.05, 3.63) is 145 Å². The predicted octanol–water partition coefficient (Wildman–Crippen LogP) is 14.1. The first kappa shape index (κ1) is 27.6. The highest BCUT2D eigenvalue weighted by Crippen LogP contribution is 2.50. The number of benzene rings is 9. The Bertz CT molecular complexity index is 2740. The van der Waals surface area contributed by atoms with Crippen LogP contribution in [0.5, 0.6) is 0 Å². The molecule has 0 unspecified atom stereocenters. The van der Waals surface area contributed by atoms with Gasteiger partial charge in [0.05, 0.1) is 0 Å². The fraction of sp³-hybridized carbons (Fsp3) is 0.125. The van der Waals surface area contributed by atoms with Crippen molar-refractivity contribution in [1.82, 2.24) is 0 Å². The Hall–Kier alpha value is -5.46. The molecule has 10 rings (SSSR count). The molecule has 0 spiro atoms. The van der Waals surface area contributed by atoms with Gasteiger partial charge in [-0.15, -0.1) is 0 Å². The summed E-state index contributed by atoms with van der Waals surface area (Å²) in [5.74, 6) is 0.900. The molecule has 1 aliphatic rings. The number of hydrogen-bond donors (Lipinski definition) is 0. The first-order valence-electron chi connectivity index (χ1n) is 17.4. The predicted molar refractivity (Wildman–Crippen MR) is 209 cm³/mol. The largest absolute Gasteiger partial charge is 0.0616 e. The molecular formula is C48H36. The molecule has 9 aromatic carbocycles. The van der Waals surface area contributed by atoms with Gasteiger partial charge < -0.3 is 0 Å². The minimum absolute atomic E-state index is 0.423. The lowest BCUT2D eigenvalue weighted by atomic mass is 9.82. The van der Waals surface area contributed by atoms with Crippen LogP contribution in [0.1, 0.15) is 50.7 Å². The molecule has 0 saturated carbocycles. The third-order valence-corrected chi connectivity index (χ3v) is 11.1. The van der Waals surface area contributed by atoms with E-state index in [2.05, 4.69) is 161 Å². The van der Waals surface area contributed by atoms with E-state index in [1.165, 1.54) is 109 Å². The van der Waals surface area contributed by atoms with Crippen LogP contribution < -0.4 is 0 Å². The van der Waals surface area contributed by atoms with Crippen molar-refractivity contribution >= 4 is 53.9 Å². The highest BCUT2D eigenvalue weighted by atomic mass is 14.3. The maximum atomic E-state index is 2.47. The number of fused-ring (bicyclic) bond motifs is 4. The summed E-state index contributed by atoms with van der Waals surface area (Å²) < 4.78 is 0. The van der Waals surface area contributed by atoms with Crippen LogP contribution in [0.3, 0.4) is 0 Å². The van der Waals surface area contributed by atoms with Crippen molar-refractivity contribution < 1.29 is 0 Å². The topological polar surface area (TPSA) is 0 Å². The van der Waals surface area contributed by atoms with Gasteiger partial charge in [0.2, 0.25) is 0 Å². The van der Waals surface area contributed by atoms with Crippen LogP contribution in [0.4, 0.5) is 0 Å². The molecule has 0 aliphatic heterocycles. The summed E-state index contributed by atoms with van der Waals surface area (Å²) in [4.78, 5) is 0. The van der Waals surface area contributed by atoms with Crippen molar-refractivity contribution in [2.75, 3.05) is 0 Å². The molecule has 9 aromatic rings. The number of hydrogen-bond acceptors (Lipinski definition) is 0. The summed E-state index contributed by atoms with van der Waals surface area (Å²) in [6, 6.07) is 50.9. The molecule has 228 valence electrons. The minimum Gasteiger partial charge on any atom is -0.0616 e. The highest BCUT2D eigenvalue weighted by molar-refractivity contribution is 6.27. The molecule has 0 radical (unpaired) electrons. The Balaban J connectivity index is 1.15. The van der Waals surface area contributed by atoms with Gasteiger partial charge in [-0.05, 0) is 140 Å². The van der Waals surface area contributed by atoms with E-state index in [-0.39, 0.29) is 0 Å². The molecule has 0 atom stereocenters. The van der Waals surface area contributed by atoms with Gasteiger partial charge in [-0.1, -0.05) is 143 Å². The number of rotatable bonds is 4. The first-order valence-corrected chi connectivity index (χ1v) is 17.4. The van der Waals surface area contributed by atoms with Crippen molar-refractivity contribution in [3.63, 3.8) is 0 Å². The lowest BCUT2D eigenvalue weighted by Gasteiger charge is -2.21. The summed E-state index contributed by atoms with van der Waals surface area (Å²) in [6.45, 7) is 9.27. The van der Waals surface area contributed by atoms with E-state index >= 15 is 0 Å². The standard InChI is InChI=1S/C48H36/c1-27(2)34-18-16-29-17-19-42-44(28(3)4)26-45(43-23-22-40(34)46(29)48(42)43)33-15-13-30-24-32(14-12-31(30)25-33)35-20-21-41-37-9-6-5-8-36(37)39-11-7-10-38(35)47(39)41/h5-28H,1-4H3. The summed E-state index contributed by atoms with van der Waals surface area (Å²) in [5.41, 5.74) is 13.4. The van der Waals surface area contributed by atoms with Gasteiger partial charge in [-0.2, -0.15) is 0 Å². The quantitative estimate of drug-likeness (QED) is 0.173. The molecule has 0 heterocycles. The molecule has 0 heteroatoms. The van der Waals surface area contributed by atoms with Crippen molar-refractivity contribution in [3.8, 4) is 44.5 Å². The second kappa shape index (κ2) is 10.0. The normalized spacial score (nSPS) is 12.5.